The molecule has 2 aromatic carbocycles. The highest BCUT2D eigenvalue weighted by molar-refractivity contribution is 7.89. The molecule has 0 bridgehead atoms. The van der Waals surface area contributed by atoms with E-state index in [0.717, 1.165) is 0 Å². The number of hydrogen-bond acceptors (Lipinski definition) is 7. The minimum absolute atomic E-state index is 0.00238. The summed E-state index contributed by atoms with van der Waals surface area (Å²) in [5.74, 6) is -0.802. The van der Waals surface area contributed by atoms with Crippen LogP contribution in [0.1, 0.15) is 23.6 Å². The number of hydrogen-bond donors (Lipinski definition) is 3. The summed E-state index contributed by atoms with van der Waals surface area (Å²) in [6.07, 6.45) is 2.76. The van der Waals surface area contributed by atoms with Gasteiger partial charge in [-0.3, -0.25) is 4.98 Å². The second-order valence-corrected chi connectivity index (χ2v) is 9.86. The van der Waals surface area contributed by atoms with E-state index in [1.165, 1.54) is 35.8 Å². The van der Waals surface area contributed by atoms with Gasteiger partial charge in [-0.05, 0) is 47.9 Å². The Balaban J connectivity index is 1.91. The van der Waals surface area contributed by atoms with Crippen LogP contribution >= 0.6 is 0 Å². The van der Waals surface area contributed by atoms with Crippen molar-refractivity contribution in [1.29, 1.82) is 0 Å². The monoisotopic (exact) mass is 486 g/mol. The zero-order valence-electron chi connectivity index (χ0n) is 18.5. The van der Waals surface area contributed by atoms with Crippen LogP contribution in [-0.2, 0) is 33.5 Å². The molecule has 3 aromatic rings. The van der Waals surface area contributed by atoms with E-state index >= 15 is 0 Å². The van der Waals surface area contributed by atoms with Crippen LogP contribution in [0, 0.1) is 0 Å². The van der Waals surface area contributed by atoms with Crippen molar-refractivity contribution in [3.8, 4) is 5.75 Å². The summed E-state index contributed by atoms with van der Waals surface area (Å²) in [5, 5.41) is 28.4. The van der Waals surface area contributed by atoms with Crippen LogP contribution < -0.4 is 4.74 Å². The molecule has 180 valence electrons. The van der Waals surface area contributed by atoms with Crippen molar-refractivity contribution in [2.45, 2.75) is 30.5 Å². The molecule has 0 aliphatic heterocycles. The molecule has 0 fully saturated rings. The van der Waals surface area contributed by atoms with Crippen molar-refractivity contribution in [3.05, 3.63) is 89.7 Å². The van der Waals surface area contributed by atoms with Crippen molar-refractivity contribution in [3.63, 3.8) is 0 Å². The number of pyridine rings is 1. The first-order chi connectivity index (χ1) is 16.1. The van der Waals surface area contributed by atoms with Crippen LogP contribution in [0.15, 0.2) is 78.0 Å². The maximum absolute atomic E-state index is 13.4. The van der Waals surface area contributed by atoms with Crippen molar-refractivity contribution in [2.75, 3.05) is 13.2 Å². The highest BCUT2D eigenvalue weighted by Crippen LogP contribution is 2.24. The van der Waals surface area contributed by atoms with Crippen LogP contribution in [-0.4, -0.2) is 52.2 Å². The number of aromatic nitrogens is 1. The molecular formula is C24H26N2O7S. The van der Waals surface area contributed by atoms with Gasteiger partial charge in [-0.2, -0.15) is 4.31 Å². The number of benzene rings is 2. The Kier molecular flexibility index (Phi) is 8.00. The van der Waals surface area contributed by atoms with Gasteiger partial charge in [0.1, 0.15) is 16.2 Å². The lowest BCUT2D eigenvalue weighted by Gasteiger charge is -2.24. The highest BCUT2D eigenvalue weighted by atomic mass is 32.2. The molecule has 0 saturated carbocycles. The van der Waals surface area contributed by atoms with E-state index in [1.807, 2.05) is 0 Å². The molecule has 1 aromatic heterocycles. The molecule has 0 aliphatic carbocycles. The van der Waals surface area contributed by atoms with Crippen molar-refractivity contribution in [2.24, 2.45) is 0 Å². The van der Waals surface area contributed by atoms with Gasteiger partial charge in [0.25, 0.3) is 0 Å². The first kappa shape index (κ1) is 25.3. The number of carboxylic acids is 1. The fraction of sp³-hybridized carbons (Fsp3) is 0.250. The Labute approximate surface area is 197 Å². The Morgan fingerprint density at radius 3 is 2.38 bits per heavy atom. The minimum Gasteiger partial charge on any atom is -0.482 e. The van der Waals surface area contributed by atoms with Gasteiger partial charge in [-0.25, -0.2) is 13.2 Å². The molecule has 34 heavy (non-hydrogen) atoms. The van der Waals surface area contributed by atoms with Gasteiger partial charge in [0.15, 0.2) is 6.61 Å². The topological polar surface area (TPSA) is 137 Å². The highest BCUT2D eigenvalue weighted by Gasteiger charge is 2.26. The van der Waals surface area contributed by atoms with Crippen molar-refractivity contribution < 1.29 is 33.3 Å². The summed E-state index contributed by atoms with van der Waals surface area (Å²) in [6.45, 7) is 0.552. The third kappa shape index (κ3) is 6.39. The number of nitrogens with zero attached hydrogens (tertiary/aromatic N) is 2. The summed E-state index contributed by atoms with van der Waals surface area (Å²) in [4.78, 5) is 14.7. The number of aliphatic hydroxyl groups excluding tert-OH is 1. The normalized spacial score (nSPS) is 13.4. The van der Waals surface area contributed by atoms with Gasteiger partial charge < -0.3 is 20.1 Å². The Morgan fingerprint density at radius 1 is 1.06 bits per heavy atom. The summed E-state index contributed by atoms with van der Waals surface area (Å²) in [6, 6.07) is 16.2. The molecule has 1 atom stereocenters. The van der Waals surface area contributed by atoms with Crippen LogP contribution in [0.3, 0.4) is 0 Å². The van der Waals surface area contributed by atoms with Gasteiger partial charge in [0.2, 0.25) is 10.0 Å². The number of aliphatic carboxylic acids is 1. The standard InChI is InChI=1S/C24H26N2O7S/c1-24(30,17-27)20-9-7-18(8-10-20)14-26(34(31,32)22-6-3-11-25-13-22)15-19-4-2-5-21(12-19)33-16-23(28)29/h2-13,27,30H,14-17H2,1H3,(H,28,29). The van der Waals surface area contributed by atoms with Crippen LogP contribution in [0.2, 0.25) is 0 Å². The number of carbonyl (C=O) groups is 1. The predicted octanol–water partition coefficient (Wildman–Crippen LogP) is 2.14. The Bertz CT molecular complexity index is 1210. The molecule has 0 amide bonds. The van der Waals surface area contributed by atoms with Gasteiger partial charge >= 0.3 is 5.97 Å². The van der Waals surface area contributed by atoms with Crippen LogP contribution in [0.25, 0.3) is 0 Å². The molecular weight excluding hydrogens is 460 g/mol. The molecule has 1 unspecified atom stereocenters. The third-order valence-corrected chi connectivity index (χ3v) is 6.91. The van der Waals surface area contributed by atoms with Gasteiger partial charge in [-0.15, -0.1) is 0 Å². The lowest BCUT2D eigenvalue weighted by Crippen LogP contribution is -2.30. The van der Waals surface area contributed by atoms with E-state index in [-0.39, 0.29) is 18.0 Å². The van der Waals surface area contributed by atoms with E-state index in [4.69, 9.17) is 9.84 Å². The third-order valence-electron chi connectivity index (χ3n) is 5.13. The number of carboxylic acid groups (broad SMARTS) is 1. The van der Waals surface area contributed by atoms with Gasteiger partial charge in [0.05, 0.1) is 6.61 Å². The van der Waals surface area contributed by atoms with E-state index in [0.29, 0.717) is 22.4 Å². The number of aliphatic hydroxyl groups is 2. The zero-order chi connectivity index (χ0) is 24.8. The number of ether oxygens (including phenoxy) is 1. The largest absolute Gasteiger partial charge is 0.482 e. The van der Waals surface area contributed by atoms with Crippen LogP contribution in [0.5, 0.6) is 5.75 Å². The second-order valence-electron chi connectivity index (χ2n) is 7.92. The summed E-state index contributed by atoms with van der Waals surface area (Å²) < 4.78 is 33.3. The first-order valence-corrected chi connectivity index (χ1v) is 11.8. The Hall–Kier alpha value is -3.31. The smallest absolute Gasteiger partial charge is 0.341 e. The van der Waals surface area contributed by atoms with Gasteiger partial charge in [0, 0.05) is 25.5 Å². The van der Waals surface area contributed by atoms with Crippen molar-refractivity contribution >= 4 is 16.0 Å². The average molecular weight is 487 g/mol. The summed E-state index contributed by atoms with van der Waals surface area (Å²) in [7, 11) is -3.93. The summed E-state index contributed by atoms with van der Waals surface area (Å²) in [5.41, 5.74) is 0.373. The fourth-order valence-electron chi connectivity index (χ4n) is 3.22. The maximum atomic E-state index is 13.4. The SMILES string of the molecule is CC(O)(CO)c1ccc(CN(Cc2cccc(OCC(=O)O)c2)S(=O)(=O)c2cccnc2)cc1. The van der Waals surface area contributed by atoms with E-state index in [1.54, 1.807) is 48.5 Å². The molecule has 0 saturated heterocycles. The quantitative estimate of drug-likeness (QED) is 0.375. The molecule has 0 aliphatic rings. The molecule has 9 nitrogen and oxygen atoms in total. The maximum Gasteiger partial charge on any atom is 0.341 e. The molecule has 1 heterocycles. The van der Waals surface area contributed by atoms with Gasteiger partial charge in [-0.1, -0.05) is 36.4 Å². The van der Waals surface area contributed by atoms with E-state index in [9.17, 15) is 23.4 Å². The summed E-state index contributed by atoms with van der Waals surface area (Å²) >= 11 is 0. The molecule has 0 spiro atoms. The van der Waals surface area contributed by atoms with E-state index in [2.05, 4.69) is 4.98 Å². The molecule has 10 heteroatoms. The molecule has 3 rings (SSSR count). The average Bonchev–Trinajstić information content (AvgIpc) is 2.83. The molecule has 3 N–H and O–H groups in total. The minimum atomic E-state index is -3.93. The fourth-order valence-corrected chi connectivity index (χ4v) is 4.60. The van der Waals surface area contributed by atoms with E-state index < -0.39 is 34.8 Å². The van der Waals surface area contributed by atoms with Crippen LogP contribution in [0.4, 0.5) is 0 Å². The number of rotatable bonds is 11. The lowest BCUT2D eigenvalue weighted by molar-refractivity contribution is -0.139. The predicted molar refractivity (Wildman–Crippen MR) is 123 cm³/mol. The second kappa shape index (κ2) is 10.7. The zero-order valence-corrected chi connectivity index (χ0v) is 19.4. The van der Waals surface area contributed by atoms with Crippen molar-refractivity contribution in [1.82, 2.24) is 9.29 Å². The number of sulfonamides is 1. The molecule has 0 radical (unpaired) electrons. The lowest BCUT2D eigenvalue weighted by atomic mass is 9.96. The first-order valence-electron chi connectivity index (χ1n) is 10.4. The Morgan fingerprint density at radius 2 is 1.76 bits per heavy atom.